The van der Waals surface area contributed by atoms with Gasteiger partial charge in [0.1, 0.15) is 12.1 Å². The van der Waals surface area contributed by atoms with E-state index >= 15 is 0 Å². The third-order valence-electron chi connectivity index (χ3n) is 3.09. The number of esters is 1. The molecule has 0 radical (unpaired) electrons. The first-order valence-corrected chi connectivity index (χ1v) is 8.09. The molecule has 0 aliphatic carbocycles. The van der Waals surface area contributed by atoms with Crippen LogP contribution in [0.4, 0.5) is 4.39 Å². The predicted octanol–water partition coefficient (Wildman–Crippen LogP) is 2.03. The Morgan fingerprint density at radius 1 is 1.40 bits per heavy atom. The number of carbonyl (C=O) groups excluding carboxylic acids is 1. The summed E-state index contributed by atoms with van der Waals surface area (Å²) < 4.78 is 21.2. The van der Waals surface area contributed by atoms with Gasteiger partial charge in [-0.05, 0) is 12.1 Å². The molecule has 0 bridgehead atoms. The van der Waals surface area contributed by atoms with Crippen LogP contribution in [0.3, 0.4) is 0 Å². The van der Waals surface area contributed by atoms with Gasteiger partial charge < -0.3 is 4.74 Å². The summed E-state index contributed by atoms with van der Waals surface area (Å²) in [7, 11) is 1.30. The van der Waals surface area contributed by atoms with Crippen molar-refractivity contribution in [2.24, 2.45) is 5.10 Å². The molecule has 0 saturated heterocycles. The average Bonchev–Trinajstić information content (AvgIpc) is 3.27. The number of thioether (sulfide) groups is 1. The molecule has 1 aromatic carbocycles. The molecule has 0 aliphatic heterocycles. The Morgan fingerprint density at radius 3 is 3.04 bits per heavy atom. The zero-order chi connectivity index (χ0) is 17.6. The Morgan fingerprint density at radius 2 is 2.24 bits per heavy atom. The fourth-order valence-electron chi connectivity index (χ4n) is 1.87. The lowest BCUT2D eigenvalue weighted by Crippen LogP contribution is -2.04. The lowest BCUT2D eigenvalue weighted by Gasteiger charge is -2.01. The van der Waals surface area contributed by atoms with Crippen molar-refractivity contribution in [3.8, 4) is 0 Å². The number of hydrogen-bond donors (Lipinski definition) is 0. The van der Waals surface area contributed by atoms with Crippen molar-refractivity contribution < 1.29 is 13.9 Å². The number of carbonyl (C=O) groups is 1. The summed E-state index contributed by atoms with van der Waals surface area (Å²) in [6, 6.07) is 7.88. The summed E-state index contributed by atoms with van der Waals surface area (Å²) in [5.41, 5.74) is 0.587. The first-order valence-electron chi connectivity index (χ1n) is 7.11. The Kier molecular flexibility index (Phi) is 5.19. The highest BCUT2D eigenvalue weighted by molar-refractivity contribution is 7.98. The molecule has 0 spiro atoms. The quantitative estimate of drug-likeness (QED) is 0.380. The maximum absolute atomic E-state index is 13.6. The van der Waals surface area contributed by atoms with Gasteiger partial charge >= 0.3 is 5.97 Å². The smallest absolute Gasteiger partial charge is 0.358 e. The van der Waals surface area contributed by atoms with Crippen molar-refractivity contribution in [3.63, 3.8) is 0 Å². The molecule has 8 nitrogen and oxygen atoms in total. The SMILES string of the molecule is COC(=O)c1ccn(CSc2nncn2/N=C/c2ccccc2F)n1. The third-order valence-corrected chi connectivity index (χ3v) is 4.01. The number of ether oxygens (including phenoxy) is 1. The third kappa shape index (κ3) is 4.10. The lowest BCUT2D eigenvalue weighted by molar-refractivity contribution is 0.0593. The van der Waals surface area contributed by atoms with Crippen LogP contribution in [0.5, 0.6) is 0 Å². The van der Waals surface area contributed by atoms with Crippen LogP contribution in [-0.2, 0) is 10.6 Å². The first kappa shape index (κ1) is 16.8. The highest BCUT2D eigenvalue weighted by Crippen LogP contribution is 2.17. The summed E-state index contributed by atoms with van der Waals surface area (Å²) in [5.74, 6) is -0.466. The number of hydrogen-bond acceptors (Lipinski definition) is 7. The number of halogens is 1. The standard InChI is InChI=1S/C15H13FN6O2S/c1-24-14(23)13-6-7-21(20-13)10-25-15-19-17-9-22(15)18-8-11-4-2-3-5-12(11)16/h2-9H,10H2,1H3/b18-8+. The number of rotatable bonds is 6. The predicted molar refractivity (Wildman–Crippen MR) is 88.8 cm³/mol. The molecule has 0 saturated carbocycles. The van der Waals surface area contributed by atoms with Crippen molar-refractivity contribution >= 4 is 23.9 Å². The van der Waals surface area contributed by atoms with E-state index in [0.29, 0.717) is 16.6 Å². The van der Waals surface area contributed by atoms with Gasteiger partial charge in [-0.3, -0.25) is 4.68 Å². The normalized spacial score (nSPS) is 11.1. The van der Waals surface area contributed by atoms with Crippen LogP contribution in [0.2, 0.25) is 0 Å². The lowest BCUT2D eigenvalue weighted by atomic mass is 10.2. The molecule has 2 aromatic heterocycles. The Bertz CT molecular complexity index is 907. The number of nitrogens with zero attached hydrogens (tertiary/aromatic N) is 6. The van der Waals surface area contributed by atoms with Gasteiger partial charge in [-0.2, -0.15) is 14.9 Å². The van der Waals surface area contributed by atoms with Crippen molar-refractivity contribution in [2.75, 3.05) is 7.11 Å². The topological polar surface area (TPSA) is 87.2 Å². The number of aromatic nitrogens is 5. The van der Waals surface area contributed by atoms with Gasteiger partial charge in [0.15, 0.2) is 5.69 Å². The Balaban J connectivity index is 1.67. The summed E-state index contributed by atoms with van der Waals surface area (Å²) in [4.78, 5) is 11.4. The molecule has 0 atom stereocenters. The van der Waals surface area contributed by atoms with E-state index in [1.165, 1.54) is 42.2 Å². The van der Waals surface area contributed by atoms with E-state index in [-0.39, 0.29) is 11.5 Å². The fraction of sp³-hybridized carbons (Fsp3) is 0.133. The highest BCUT2D eigenvalue weighted by atomic mass is 32.2. The van der Waals surface area contributed by atoms with Crippen molar-refractivity contribution in [3.05, 3.63) is 59.9 Å². The van der Waals surface area contributed by atoms with E-state index in [1.54, 1.807) is 35.1 Å². The largest absolute Gasteiger partial charge is 0.464 e. The molecule has 25 heavy (non-hydrogen) atoms. The van der Waals surface area contributed by atoms with E-state index in [0.717, 1.165) is 0 Å². The molecular weight excluding hydrogens is 347 g/mol. The van der Waals surface area contributed by atoms with Crippen LogP contribution in [0.25, 0.3) is 0 Å². The minimum atomic E-state index is -0.499. The van der Waals surface area contributed by atoms with Crippen LogP contribution in [-0.4, -0.2) is 43.9 Å². The van der Waals surface area contributed by atoms with Crippen LogP contribution < -0.4 is 0 Å². The molecule has 0 N–H and O–H groups in total. The second-order valence-electron chi connectivity index (χ2n) is 4.73. The average molecular weight is 360 g/mol. The monoisotopic (exact) mass is 360 g/mol. The Labute approximate surface area is 146 Å². The maximum Gasteiger partial charge on any atom is 0.358 e. The van der Waals surface area contributed by atoms with E-state index in [2.05, 4.69) is 25.1 Å². The van der Waals surface area contributed by atoms with Gasteiger partial charge in [-0.15, -0.1) is 10.2 Å². The molecule has 3 rings (SSSR count). The first-order chi connectivity index (χ1) is 12.2. The minimum absolute atomic E-state index is 0.224. The number of benzene rings is 1. The van der Waals surface area contributed by atoms with Gasteiger partial charge in [0.2, 0.25) is 5.16 Å². The molecule has 3 aromatic rings. The van der Waals surface area contributed by atoms with Gasteiger partial charge in [0.25, 0.3) is 0 Å². The second kappa shape index (κ2) is 7.71. The van der Waals surface area contributed by atoms with E-state index in [4.69, 9.17) is 0 Å². The van der Waals surface area contributed by atoms with Crippen molar-refractivity contribution in [1.82, 2.24) is 24.7 Å². The van der Waals surface area contributed by atoms with Gasteiger partial charge in [0, 0.05) is 11.8 Å². The molecule has 0 unspecified atom stereocenters. The highest BCUT2D eigenvalue weighted by Gasteiger charge is 2.10. The number of methoxy groups -OCH3 is 1. The van der Waals surface area contributed by atoms with Crippen LogP contribution >= 0.6 is 11.8 Å². The van der Waals surface area contributed by atoms with E-state index < -0.39 is 5.97 Å². The fourth-order valence-corrected chi connectivity index (χ4v) is 2.59. The van der Waals surface area contributed by atoms with Crippen LogP contribution in [0.1, 0.15) is 16.1 Å². The Hall–Kier alpha value is -3.01. The zero-order valence-corrected chi connectivity index (χ0v) is 13.9. The van der Waals surface area contributed by atoms with E-state index in [1.807, 2.05) is 0 Å². The molecule has 128 valence electrons. The summed E-state index contributed by atoms with van der Waals surface area (Å²) in [6.45, 7) is 0. The summed E-state index contributed by atoms with van der Waals surface area (Å²) in [5, 5.41) is 16.5. The maximum atomic E-state index is 13.6. The van der Waals surface area contributed by atoms with Crippen LogP contribution in [0, 0.1) is 5.82 Å². The molecular formula is C15H13FN6O2S. The minimum Gasteiger partial charge on any atom is -0.464 e. The van der Waals surface area contributed by atoms with Gasteiger partial charge in [0.05, 0.1) is 19.2 Å². The molecule has 0 fully saturated rings. The molecule has 10 heteroatoms. The van der Waals surface area contributed by atoms with Gasteiger partial charge in [-0.25, -0.2) is 9.18 Å². The summed E-state index contributed by atoms with van der Waals surface area (Å²) in [6.07, 6.45) is 4.47. The van der Waals surface area contributed by atoms with Crippen molar-refractivity contribution in [1.29, 1.82) is 0 Å². The zero-order valence-electron chi connectivity index (χ0n) is 13.1. The van der Waals surface area contributed by atoms with Crippen molar-refractivity contribution in [2.45, 2.75) is 11.0 Å². The molecule has 0 amide bonds. The summed E-state index contributed by atoms with van der Waals surface area (Å²) >= 11 is 1.31. The second-order valence-corrected chi connectivity index (χ2v) is 5.64. The molecule has 0 aliphatic rings. The van der Waals surface area contributed by atoms with E-state index in [9.17, 15) is 9.18 Å². The van der Waals surface area contributed by atoms with Gasteiger partial charge in [-0.1, -0.05) is 30.0 Å². The van der Waals surface area contributed by atoms with Crippen LogP contribution in [0.15, 0.2) is 53.1 Å². The molecule has 2 heterocycles.